The number of nitrogens with zero attached hydrogens (tertiary/aromatic N) is 5. The van der Waals surface area contributed by atoms with Gasteiger partial charge >= 0.3 is 0 Å². The lowest BCUT2D eigenvalue weighted by Crippen LogP contribution is -2.42. The van der Waals surface area contributed by atoms with Gasteiger partial charge in [-0.25, -0.2) is 14.7 Å². The molecule has 4 rings (SSSR count). The molecule has 2 aromatic rings. The summed E-state index contributed by atoms with van der Waals surface area (Å²) in [6.45, 7) is 9.55. The maximum absolute atomic E-state index is 13.4. The Bertz CT molecular complexity index is 1240. The average molecular weight is 494 g/mol. The molecule has 3 amide bonds. The van der Waals surface area contributed by atoms with Crippen molar-refractivity contribution in [3.05, 3.63) is 35.2 Å². The molecule has 36 heavy (non-hydrogen) atoms. The summed E-state index contributed by atoms with van der Waals surface area (Å²) in [5.74, 6) is -0.732. The van der Waals surface area contributed by atoms with Crippen molar-refractivity contribution in [3.8, 4) is 0 Å². The Morgan fingerprint density at radius 3 is 2.56 bits per heavy atom. The Morgan fingerprint density at radius 1 is 1.19 bits per heavy atom. The van der Waals surface area contributed by atoms with E-state index in [9.17, 15) is 14.4 Å². The summed E-state index contributed by atoms with van der Waals surface area (Å²) in [5, 5.41) is 11.0. The smallest absolute Gasteiger partial charge is 0.254 e. The van der Waals surface area contributed by atoms with Crippen LogP contribution in [0.3, 0.4) is 0 Å². The molecule has 0 spiro atoms. The first kappa shape index (κ1) is 25.7. The molecule has 4 heterocycles. The van der Waals surface area contributed by atoms with E-state index in [1.54, 1.807) is 20.2 Å². The van der Waals surface area contributed by atoms with Gasteiger partial charge in [0.15, 0.2) is 5.65 Å². The van der Waals surface area contributed by atoms with Crippen molar-refractivity contribution in [3.63, 3.8) is 0 Å². The SMILES string of the molecule is CNCC(=O)N1CCC(c2cc(C(=O)NCC3C(=O)N=C(C)C=C3C)c3cnn(C(C)C)c3n2)CC1. The van der Waals surface area contributed by atoms with Gasteiger partial charge in [0.25, 0.3) is 11.8 Å². The summed E-state index contributed by atoms with van der Waals surface area (Å²) < 4.78 is 1.83. The molecule has 2 aliphatic heterocycles. The number of aliphatic imine (C=N–C) groups is 1. The first-order valence-corrected chi connectivity index (χ1v) is 12.6. The fourth-order valence-electron chi connectivity index (χ4n) is 4.95. The molecular weight excluding hydrogens is 458 g/mol. The van der Waals surface area contributed by atoms with Gasteiger partial charge in [0.2, 0.25) is 5.91 Å². The van der Waals surface area contributed by atoms with Crippen LogP contribution in [0.1, 0.15) is 68.5 Å². The molecule has 0 radical (unpaired) electrons. The second-order valence-electron chi connectivity index (χ2n) is 9.94. The lowest BCUT2D eigenvalue weighted by molar-refractivity contribution is -0.131. The molecule has 1 fully saturated rings. The zero-order chi connectivity index (χ0) is 26.0. The van der Waals surface area contributed by atoms with Crippen LogP contribution < -0.4 is 10.6 Å². The van der Waals surface area contributed by atoms with E-state index in [1.165, 1.54) is 0 Å². The Hall–Kier alpha value is -3.40. The van der Waals surface area contributed by atoms with E-state index < -0.39 is 5.92 Å². The number of hydrogen-bond acceptors (Lipinski definition) is 6. The predicted octanol–water partition coefficient (Wildman–Crippen LogP) is 2.23. The normalized spacial score (nSPS) is 19.0. The molecule has 1 saturated heterocycles. The standard InChI is InChI=1S/C26H35N7O3/c1-15(2)33-24-21(13-29-33)19(25(35)28-12-20-16(3)10-17(4)30-26(20)36)11-22(31-24)18-6-8-32(9-7-18)23(34)14-27-5/h10-11,13,15,18,20,27H,6-9,12,14H2,1-5H3,(H,28,35). The Balaban J connectivity index is 1.58. The van der Waals surface area contributed by atoms with E-state index in [2.05, 4.69) is 20.7 Å². The van der Waals surface area contributed by atoms with Gasteiger partial charge in [-0.2, -0.15) is 5.10 Å². The van der Waals surface area contributed by atoms with E-state index >= 15 is 0 Å². The van der Waals surface area contributed by atoms with Gasteiger partial charge < -0.3 is 15.5 Å². The van der Waals surface area contributed by atoms with Crippen molar-refractivity contribution >= 4 is 34.5 Å². The highest BCUT2D eigenvalue weighted by atomic mass is 16.2. The van der Waals surface area contributed by atoms with Gasteiger partial charge in [0.1, 0.15) is 0 Å². The van der Waals surface area contributed by atoms with E-state index in [0.29, 0.717) is 41.9 Å². The number of fused-ring (bicyclic) bond motifs is 1. The minimum absolute atomic E-state index is 0.0796. The summed E-state index contributed by atoms with van der Waals surface area (Å²) in [5.41, 5.74) is 3.58. The van der Waals surface area contributed by atoms with E-state index in [4.69, 9.17) is 4.98 Å². The van der Waals surface area contributed by atoms with Gasteiger partial charge in [0.05, 0.1) is 29.6 Å². The van der Waals surface area contributed by atoms with Crippen LogP contribution >= 0.6 is 0 Å². The number of likely N-dealkylation sites (N-methyl/N-ethyl adjacent to an activating group) is 1. The van der Waals surface area contributed by atoms with E-state index in [-0.39, 0.29) is 36.2 Å². The zero-order valence-electron chi connectivity index (χ0n) is 21.7. The topological polar surface area (TPSA) is 122 Å². The third kappa shape index (κ3) is 5.23. The molecule has 2 N–H and O–H groups in total. The zero-order valence-corrected chi connectivity index (χ0v) is 21.7. The molecule has 0 aliphatic carbocycles. The van der Waals surface area contributed by atoms with Crippen molar-refractivity contribution < 1.29 is 14.4 Å². The van der Waals surface area contributed by atoms with Crippen molar-refractivity contribution in [2.24, 2.45) is 10.9 Å². The first-order valence-electron chi connectivity index (χ1n) is 12.6. The number of dihydropyridines is 1. The molecule has 10 heteroatoms. The number of carbonyl (C=O) groups is 3. The van der Waals surface area contributed by atoms with Crippen LogP contribution in [-0.2, 0) is 9.59 Å². The number of aromatic nitrogens is 3. The molecule has 192 valence electrons. The number of allylic oxidation sites excluding steroid dienone is 1. The predicted molar refractivity (Wildman–Crippen MR) is 138 cm³/mol. The first-order chi connectivity index (χ1) is 17.2. The number of pyridine rings is 1. The average Bonchev–Trinajstić information content (AvgIpc) is 3.27. The number of nitrogens with one attached hydrogen (secondary N) is 2. The Labute approximate surface area is 211 Å². The van der Waals surface area contributed by atoms with Crippen LogP contribution in [0, 0.1) is 5.92 Å². The van der Waals surface area contributed by atoms with Gasteiger partial charge in [-0.05, 0) is 59.7 Å². The summed E-state index contributed by atoms with van der Waals surface area (Å²) in [6.07, 6.45) is 5.12. The quantitative estimate of drug-likeness (QED) is 0.610. The highest BCUT2D eigenvalue weighted by molar-refractivity contribution is 6.07. The molecule has 0 aromatic carbocycles. The van der Waals surface area contributed by atoms with Crippen molar-refractivity contribution in [2.75, 3.05) is 33.2 Å². The van der Waals surface area contributed by atoms with Crippen molar-refractivity contribution in [1.82, 2.24) is 30.3 Å². The van der Waals surface area contributed by atoms with Gasteiger partial charge in [-0.3, -0.25) is 14.4 Å². The fourth-order valence-corrected chi connectivity index (χ4v) is 4.95. The van der Waals surface area contributed by atoms with Crippen LogP contribution in [0.2, 0.25) is 0 Å². The maximum atomic E-state index is 13.4. The van der Waals surface area contributed by atoms with Gasteiger partial charge in [-0.15, -0.1) is 0 Å². The molecule has 1 unspecified atom stereocenters. The lowest BCUT2D eigenvalue weighted by atomic mass is 9.91. The number of rotatable bonds is 7. The van der Waals surface area contributed by atoms with Gasteiger partial charge in [0, 0.05) is 43.0 Å². The molecule has 0 bridgehead atoms. The monoisotopic (exact) mass is 493 g/mol. The van der Waals surface area contributed by atoms with E-state index in [0.717, 1.165) is 24.1 Å². The van der Waals surface area contributed by atoms with Crippen LogP contribution in [0.15, 0.2) is 28.9 Å². The van der Waals surface area contributed by atoms with Crippen molar-refractivity contribution in [2.45, 2.75) is 52.5 Å². The van der Waals surface area contributed by atoms with Crippen LogP contribution in [0.5, 0.6) is 0 Å². The maximum Gasteiger partial charge on any atom is 0.254 e. The van der Waals surface area contributed by atoms with Crippen LogP contribution in [0.4, 0.5) is 0 Å². The minimum Gasteiger partial charge on any atom is -0.351 e. The third-order valence-electron chi connectivity index (χ3n) is 6.95. The summed E-state index contributed by atoms with van der Waals surface area (Å²) in [4.78, 5) is 48.9. The highest BCUT2D eigenvalue weighted by Crippen LogP contribution is 2.31. The summed E-state index contributed by atoms with van der Waals surface area (Å²) >= 11 is 0. The van der Waals surface area contributed by atoms with Crippen LogP contribution in [0.25, 0.3) is 11.0 Å². The largest absolute Gasteiger partial charge is 0.351 e. The summed E-state index contributed by atoms with van der Waals surface area (Å²) in [6, 6.07) is 1.93. The third-order valence-corrected chi connectivity index (χ3v) is 6.95. The second-order valence-corrected chi connectivity index (χ2v) is 9.94. The Kier molecular flexibility index (Phi) is 7.63. The number of hydrogen-bond donors (Lipinski definition) is 2. The van der Waals surface area contributed by atoms with E-state index in [1.807, 2.05) is 42.5 Å². The highest BCUT2D eigenvalue weighted by Gasteiger charge is 2.28. The second kappa shape index (κ2) is 10.7. The minimum atomic E-state index is -0.465. The molecule has 2 aromatic heterocycles. The molecular formula is C26H35N7O3. The Morgan fingerprint density at radius 2 is 1.92 bits per heavy atom. The molecule has 0 saturated carbocycles. The molecule has 1 atom stereocenters. The summed E-state index contributed by atoms with van der Waals surface area (Å²) in [7, 11) is 1.77. The molecule has 10 nitrogen and oxygen atoms in total. The van der Waals surface area contributed by atoms with Crippen LogP contribution in [-0.4, -0.2) is 76.3 Å². The van der Waals surface area contributed by atoms with Gasteiger partial charge in [-0.1, -0.05) is 5.57 Å². The number of carbonyl (C=O) groups excluding carboxylic acids is 3. The van der Waals surface area contributed by atoms with Crippen molar-refractivity contribution in [1.29, 1.82) is 0 Å². The number of likely N-dealkylation sites (tertiary alicyclic amines) is 1. The fraction of sp³-hybridized carbons (Fsp3) is 0.538. The number of piperidine rings is 1. The number of amides is 3. The molecule has 2 aliphatic rings. The lowest BCUT2D eigenvalue weighted by Gasteiger charge is -2.32.